The Morgan fingerprint density at radius 2 is 2.04 bits per heavy atom. The molecule has 0 fully saturated rings. The van der Waals surface area contributed by atoms with E-state index in [1.54, 1.807) is 4.90 Å². The van der Waals surface area contributed by atoms with Crippen molar-refractivity contribution < 1.29 is 14.3 Å². The molecule has 0 aromatic heterocycles. The zero-order valence-electron chi connectivity index (χ0n) is 15.0. The molecule has 0 saturated heterocycles. The fraction of sp³-hybridized carbons (Fsp3) is 0.556. The molecule has 6 nitrogen and oxygen atoms in total. The van der Waals surface area contributed by atoms with Crippen molar-refractivity contribution in [1.29, 1.82) is 0 Å². The number of anilines is 1. The predicted molar refractivity (Wildman–Crippen MR) is 99.1 cm³/mol. The third kappa shape index (κ3) is 6.12. The molecular formula is C18H26ClN3O3. The number of hydrogen-bond donors (Lipinski definition) is 2. The molecule has 0 aliphatic carbocycles. The smallest absolute Gasteiger partial charge is 0.410 e. The normalized spacial score (nSPS) is 13.8. The highest BCUT2D eigenvalue weighted by molar-refractivity contribution is 6.17. The summed E-state index contributed by atoms with van der Waals surface area (Å²) in [7, 11) is 0. The molecule has 1 aromatic carbocycles. The van der Waals surface area contributed by atoms with Crippen molar-refractivity contribution in [2.75, 3.05) is 24.3 Å². The fourth-order valence-electron chi connectivity index (χ4n) is 2.56. The molecule has 2 N–H and O–H groups in total. The van der Waals surface area contributed by atoms with Crippen molar-refractivity contribution in [2.45, 2.75) is 45.8 Å². The van der Waals surface area contributed by atoms with Crippen LogP contribution in [-0.4, -0.2) is 41.6 Å². The molecule has 1 aromatic rings. The van der Waals surface area contributed by atoms with E-state index in [0.717, 1.165) is 18.4 Å². The minimum atomic E-state index is -0.512. The highest BCUT2D eigenvalue weighted by Crippen LogP contribution is 2.24. The van der Waals surface area contributed by atoms with Gasteiger partial charge in [0.15, 0.2) is 0 Å². The second kappa shape index (κ2) is 8.43. The SMILES string of the molecule is CC(C)(C)OC(=O)N1CCc2ccc(NC(=O)NCCCCl)cc2C1. The number of carbonyl (C=O) groups excluding carboxylic acids is 2. The lowest BCUT2D eigenvalue weighted by atomic mass is 9.99. The number of alkyl halides is 1. The highest BCUT2D eigenvalue weighted by Gasteiger charge is 2.25. The number of nitrogens with one attached hydrogen (secondary N) is 2. The molecule has 0 radical (unpaired) electrons. The monoisotopic (exact) mass is 367 g/mol. The van der Waals surface area contributed by atoms with Crippen LogP contribution in [-0.2, 0) is 17.7 Å². The van der Waals surface area contributed by atoms with Crippen LogP contribution in [0.15, 0.2) is 18.2 Å². The van der Waals surface area contributed by atoms with Gasteiger partial charge in [0.1, 0.15) is 5.60 Å². The lowest BCUT2D eigenvalue weighted by molar-refractivity contribution is 0.0224. The largest absolute Gasteiger partial charge is 0.444 e. The summed E-state index contributed by atoms with van der Waals surface area (Å²) >= 11 is 5.59. The van der Waals surface area contributed by atoms with Crippen molar-refractivity contribution in [3.8, 4) is 0 Å². The molecule has 0 atom stereocenters. The first-order valence-electron chi connectivity index (χ1n) is 8.49. The summed E-state index contributed by atoms with van der Waals surface area (Å²) in [6, 6.07) is 5.52. The maximum atomic E-state index is 12.2. The average molecular weight is 368 g/mol. The molecule has 0 unspecified atom stereocenters. The first kappa shape index (κ1) is 19.4. The van der Waals surface area contributed by atoms with E-state index >= 15 is 0 Å². The van der Waals surface area contributed by atoms with Crippen LogP contribution in [0.1, 0.15) is 38.3 Å². The van der Waals surface area contributed by atoms with Gasteiger partial charge in [0.05, 0.1) is 0 Å². The van der Waals surface area contributed by atoms with Gasteiger partial charge >= 0.3 is 12.1 Å². The number of benzene rings is 1. The van der Waals surface area contributed by atoms with Crippen molar-refractivity contribution in [3.63, 3.8) is 0 Å². The van der Waals surface area contributed by atoms with Crippen LogP contribution in [0, 0.1) is 0 Å². The van der Waals surface area contributed by atoms with Crippen LogP contribution in [0.4, 0.5) is 15.3 Å². The molecule has 1 aliphatic rings. The number of rotatable bonds is 4. The minimum Gasteiger partial charge on any atom is -0.444 e. The van der Waals surface area contributed by atoms with Gasteiger partial charge in [-0.2, -0.15) is 0 Å². The number of ether oxygens (including phenoxy) is 1. The molecule has 0 saturated carbocycles. The van der Waals surface area contributed by atoms with Crippen LogP contribution in [0.2, 0.25) is 0 Å². The zero-order valence-corrected chi connectivity index (χ0v) is 15.8. The molecule has 25 heavy (non-hydrogen) atoms. The van der Waals surface area contributed by atoms with E-state index in [0.29, 0.717) is 31.2 Å². The minimum absolute atomic E-state index is 0.259. The number of amides is 3. The molecule has 3 amide bonds. The Balaban J connectivity index is 1.98. The van der Waals surface area contributed by atoms with E-state index in [1.165, 1.54) is 5.56 Å². The zero-order chi connectivity index (χ0) is 18.4. The number of halogens is 1. The summed E-state index contributed by atoms with van der Waals surface area (Å²) < 4.78 is 5.44. The molecule has 1 aliphatic heterocycles. The Bertz CT molecular complexity index is 628. The van der Waals surface area contributed by atoms with Gasteiger partial charge in [0.2, 0.25) is 0 Å². The van der Waals surface area contributed by atoms with Crippen LogP contribution >= 0.6 is 11.6 Å². The molecule has 2 rings (SSSR count). The van der Waals surface area contributed by atoms with E-state index in [-0.39, 0.29) is 12.1 Å². The van der Waals surface area contributed by atoms with E-state index in [2.05, 4.69) is 10.6 Å². The third-order valence-corrected chi connectivity index (χ3v) is 3.99. The summed E-state index contributed by atoms with van der Waals surface area (Å²) in [4.78, 5) is 25.8. The number of urea groups is 1. The second-order valence-electron chi connectivity index (χ2n) is 7.06. The van der Waals surface area contributed by atoms with Gasteiger partial charge in [-0.15, -0.1) is 11.6 Å². The lowest BCUT2D eigenvalue weighted by Crippen LogP contribution is -2.40. The molecule has 7 heteroatoms. The van der Waals surface area contributed by atoms with Crippen LogP contribution in [0.25, 0.3) is 0 Å². The predicted octanol–water partition coefficient (Wildman–Crippen LogP) is 3.73. The summed E-state index contributed by atoms with van der Waals surface area (Å²) in [5.41, 5.74) is 2.40. The number of nitrogens with zero attached hydrogens (tertiary/aromatic N) is 1. The van der Waals surface area contributed by atoms with Gasteiger partial charge in [-0.05, 0) is 56.9 Å². The maximum absolute atomic E-state index is 12.2. The molecule has 138 valence electrons. The number of carbonyl (C=O) groups is 2. The lowest BCUT2D eigenvalue weighted by Gasteiger charge is -2.31. The Morgan fingerprint density at radius 1 is 1.28 bits per heavy atom. The summed E-state index contributed by atoms with van der Waals surface area (Å²) in [5, 5.41) is 5.55. The number of hydrogen-bond acceptors (Lipinski definition) is 3. The van der Waals surface area contributed by atoms with Gasteiger partial charge in [0, 0.05) is 31.2 Å². The first-order valence-corrected chi connectivity index (χ1v) is 9.02. The second-order valence-corrected chi connectivity index (χ2v) is 7.44. The first-order chi connectivity index (χ1) is 11.8. The van der Waals surface area contributed by atoms with Crippen LogP contribution in [0.5, 0.6) is 0 Å². The molecule has 0 bridgehead atoms. The van der Waals surface area contributed by atoms with E-state index in [1.807, 2.05) is 39.0 Å². The third-order valence-electron chi connectivity index (χ3n) is 3.72. The Labute approximate surface area is 153 Å². The number of fused-ring (bicyclic) bond motifs is 1. The van der Waals surface area contributed by atoms with Crippen molar-refractivity contribution in [3.05, 3.63) is 29.3 Å². The van der Waals surface area contributed by atoms with Gasteiger partial charge in [-0.3, -0.25) is 0 Å². The maximum Gasteiger partial charge on any atom is 0.410 e. The van der Waals surface area contributed by atoms with Crippen molar-refractivity contribution >= 4 is 29.4 Å². The highest BCUT2D eigenvalue weighted by atomic mass is 35.5. The van der Waals surface area contributed by atoms with Gasteiger partial charge in [-0.25, -0.2) is 9.59 Å². The van der Waals surface area contributed by atoms with Gasteiger partial charge in [-0.1, -0.05) is 6.07 Å². The quantitative estimate of drug-likeness (QED) is 0.629. The van der Waals surface area contributed by atoms with Crippen molar-refractivity contribution in [2.24, 2.45) is 0 Å². The topological polar surface area (TPSA) is 70.7 Å². The molecular weight excluding hydrogens is 342 g/mol. The summed E-state index contributed by atoms with van der Waals surface area (Å²) in [6.07, 6.45) is 1.19. The van der Waals surface area contributed by atoms with E-state index in [9.17, 15) is 9.59 Å². The Morgan fingerprint density at radius 3 is 2.72 bits per heavy atom. The van der Waals surface area contributed by atoms with E-state index in [4.69, 9.17) is 16.3 Å². The van der Waals surface area contributed by atoms with Crippen LogP contribution in [0.3, 0.4) is 0 Å². The van der Waals surface area contributed by atoms with Crippen LogP contribution < -0.4 is 10.6 Å². The summed E-state index contributed by atoms with van der Waals surface area (Å²) in [5.74, 6) is 0.514. The Hall–Kier alpha value is -1.95. The molecule has 0 spiro atoms. The van der Waals surface area contributed by atoms with Gasteiger partial charge in [0.25, 0.3) is 0 Å². The van der Waals surface area contributed by atoms with Gasteiger partial charge < -0.3 is 20.3 Å². The molecule has 1 heterocycles. The van der Waals surface area contributed by atoms with E-state index < -0.39 is 5.60 Å². The fourth-order valence-corrected chi connectivity index (χ4v) is 2.69. The standard InChI is InChI=1S/C18H26ClN3O3/c1-18(2,3)25-17(24)22-10-7-13-5-6-15(11-14(13)12-22)21-16(23)20-9-4-8-19/h5-6,11H,4,7-10,12H2,1-3H3,(H2,20,21,23). The van der Waals surface area contributed by atoms with Crippen molar-refractivity contribution in [1.82, 2.24) is 10.2 Å². The Kier molecular flexibility index (Phi) is 6.53. The summed E-state index contributed by atoms with van der Waals surface area (Å²) in [6.45, 7) is 7.21. The average Bonchev–Trinajstić information content (AvgIpc) is 2.53.